The van der Waals surface area contributed by atoms with Gasteiger partial charge in [0.15, 0.2) is 0 Å². The molecule has 1 heterocycles. The first-order chi connectivity index (χ1) is 6.45. The van der Waals surface area contributed by atoms with Crippen LogP contribution in [0.25, 0.3) is 0 Å². The van der Waals surface area contributed by atoms with E-state index in [9.17, 15) is 0 Å². The molecule has 0 bridgehead atoms. The second-order valence-corrected chi connectivity index (χ2v) is 3.03. The second kappa shape index (κ2) is 3.94. The number of nitrogens with zero attached hydrogens (tertiary/aromatic N) is 2. The van der Waals surface area contributed by atoms with Crippen LogP contribution in [0.2, 0.25) is 0 Å². The molecule has 68 valence electrons. The molecule has 0 spiro atoms. The number of para-hydroxylation sites is 1. The Morgan fingerprint density at radius 3 is 2.85 bits per heavy atom. The maximum Gasteiger partial charge on any atom is 0.0885 e. The van der Waals surface area contributed by atoms with E-state index in [4.69, 9.17) is 0 Å². The van der Waals surface area contributed by atoms with Crippen molar-refractivity contribution < 1.29 is 0 Å². The first kappa shape index (κ1) is 8.10. The van der Waals surface area contributed by atoms with E-state index in [2.05, 4.69) is 27.3 Å². The van der Waals surface area contributed by atoms with Crippen LogP contribution in [0.3, 0.4) is 0 Å². The molecule has 1 N–H and O–H groups in total. The third-order valence-electron chi connectivity index (χ3n) is 2.02. The molecule has 0 saturated carbocycles. The van der Waals surface area contributed by atoms with Crippen molar-refractivity contribution in [3.8, 4) is 0 Å². The molecule has 0 aliphatic carbocycles. The summed E-state index contributed by atoms with van der Waals surface area (Å²) in [5.74, 6) is 0. The van der Waals surface area contributed by atoms with Gasteiger partial charge in [0.2, 0.25) is 0 Å². The SMILES string of the molecule is C1=NCCN1CNc1ccccc1. The van der Waals surface area contributed by atoms with Gasteiger partial charge in [-0.2, -0.15) is 0 Å². The quantitative estimate of drug-likeness (QED) is 0.752. The summed E-state index contributed by atoms with van der Waals surface area (Å²) >= 11 is 0. The maximum atomic E-state index is 4.14. The molecule has 0 fully saturated rings. The van der Waals surface area contributed by atoms with E-state index in [0.717, 1.165) is 25.4 Å². The second-order valence-electron chi connectivity index (χ2n) is 3.03. The average molecular weight is 175 g/mol. The summed E-state index contributed by atoms with van der Waals surface area (Å²) in [7, 11) is 0. The van der Waals surface area contributed by atoms with Crippen LogP contribution in [-0.4, -0.2) is 31.0 Å². The van der Waals surface area contributed by atoms with Crippen LogP contribution in [0.4, 0.5) is 5.69 Å². The minimum Gasteiger partial charge on any atom is -0.368 e. The highest BCUT2D eigenvalue weighted by Crippen LogP contribution is 2.04. The Bertz CT molecular complexity index is 281. The third-order valence-corrected chi connectivity index (χ3v) is 2.02. The Balaban J connectivity index is 1.82. The smallest absolute Gasteiger partial charge is 0.0885 e. The standard InChI is InChI=1S/C10H13N3/c1-2-4-10(5-3-1)12-9-13-7-6-11-8-13/h1-5,8,12H,6-7,9H2. The molecule has 0 aromatic heterocycles. The highest BCUT2D eigenvalue weighted by atomic mass is 15.3. The minimum atomic E-state index is 0.841. The van der Waals surface area contributed by atoms with Gasteiger partial charge in [0.1, 0.15) is 0 Å². The molecule has 1 aliphatic heterocycles. The number of anilines is 1. The summed E-state index contributed by atoms with van der Waals surface area (Å²) in [6.07, 6.45) is 1.90. The van der Waals surface area contributed by atoms with Crippen LogP contribution < -0.4 is 5.32 Å². The van der Waals surface area contributed by atoms with Gasteiger partial charge in [-0.05, 0) is 12.1 Å². The molecule has 0 saturated heterocycles. The maximum absolute atomic E-state index is 4.14. The lowest BCUT2D eigenvalue weighted by Crippen LogP contribution is -2.26. The molecular formula is C10H13N3. The van der Waals surface area contributed by atoms with Crippen molar-refractivity contribution in [2.75, 3.05) is 25.1 Å². The summed E-state index contributed by atoms with van der Waals surface area (Å²) in [4.78, 5) is 6.30. The summed E-state index contributed by atoms with van der Waals surface area (Å²) in [5, 5.41) is 3.32. The number of nitrogens with one attached hydrogen (secondary N) is 1. The van der Waals surface area contributed by atoms with Crippen molar-refractivity contribution in [1.29, 1.82) is 0 Å². The number of rotatable bonds is 3. The molecule has 0 amide bonds. The van der Waals surface area contributed by atoms with Crippen molar-refractivity contribution in [2.45, 2.75) is 0 Å². The van der Waals surface area contributed by atoms with Gasteiger partial charge in [-0.25, -0.2) is 0 Å². The number of benzene rings is 1. The minimum absolute atomic E-state index is 0.841. The van der Waals surface area contributed by atoms with Gasteiger partial charge in [-0.15, -0.1) is 0 Å². The fourth-order valence-corrected chi connectivity index (χ4v) is 1.29. The summed E-state index contributed by atoms with van der Waals surface area (Å²) < 4.78 is 0. The van der Waals surface area contributed by atoms with E-state index in [0.29, 0.717) is 0 Å². The molecule has 3 heteroatoms. The molecule has 1 aliphatic rings. The molecule has 2 rings (SSSR count). The predicted molar refractivity (Wildman–Crippen MR) is 55.0 cm³/mol. The third kappa shape index (κ3) is 2.21. The van der Waals surface area contributed by atoms with Crippen LogP contribution in [0, 0.1) is 0 Å². The summed E-state index contributed by atoms with van der Waals surface area (Å²) in [6.45, 7) is 2.80. The van der Waals surface area contributed by atoms with Gasteiger partial charge in [0.05, 0.1) is 19.6 Å². The zero-order chi connectivity index (χ0) is 8.93. The van der Waals surface area contributed by atoms with E-state index in [1.54, 1.807) is 0 Å². The fourth-order valence-electron chi connectivity index (χ4n) is 1.29. The van der Waals surface area contributed by atoms with Crippen LogP contribution in [-0.2, 0) is 0 Å². The van der Waals surface area contributed by atoms with Crippen LogP contribution in [0.5, 0.6) is 0 Å². The molecule has 0 unspecified atom stereocenters. The monoisotopic (exact) mass is 175 g/mol. The van der Waals surface area contributed by atoms with Gasteiger partial charge < -0.3 is 10.2 Å². The van der Waals surface area contributed by atoms with E-state index < -0.39 is 0 Å². The molecule has 3 nitrogen and oxygen atoms in total. The largest absolute Gasteiger partial charge is 0.368 e. The number of hydrogen-bond donors (Lipinski definition) is 1. The van der Waals surface area contributed by atoms with E-state index in [1.807, 2.05) is 24.5 Å². The van der Waals surface area contributed by atoms with E-state index >= 15 is 0 Å². The Hall–Kier alpha value is -1.51. The molecular weight excluding hydrogens is 162 g/mol. The van der Waals surface area contributed by atoms with Crippen molar-refractivity contribution >= 4 is 12.0 Å². The Morgan fingerprint density at radius 1 is 1.31 bits per heavy atom. The molecule has 13 heavy (non-hydrogen) atoms. The lowest BCUT2D eigenvalue weighted by atomic mass is 10.3. The van der Waals surface area contributed by atoms with Gasteiger partial charge in [0.25, 0.3) is 0 Å². The number of hydrogen-bond acceptors (Lipinski definition) is 3. The van der Waals surface area contributed by atoms with Crippen molar-refractivity contribution in [3.05, 3.63) is 30.3 Å². The van der Waals surface area contributed by atoms with Gasteiger partial charge in [-0.1, -0.05) is 18.2 Å². The molecule has 0 atom stereocenters. The lowest BCUT2D eigenvalue weighted by Gasteiger charge is -2.15. The topological polar surface area (TPSA) is 27.6 Å². The Kier molecular flexibility index (Phi) is 2.45. The predicted octanol–water partition coefficient (Wildman–Crippen LogP) is 1.40. The average Bonchev–Trinajstić information content (AvgIpc) is 2.69. The molecule has 0 radical (unpaired) electrons. The van der Waals surface area contributed by atoms with Crippen LogP contribution in [0.1, 0.15) is 0 Å². The normalized spacial score (nSPS) is 14.9. The van der Waals surface area contributed by atoms with E-state index in [1.165, 1.54) is 0 Å². The number of aliphatic imine (C=N–C) groups is 1. The van der Waals surface area contributed by atoms with Gasteiger partial charge in [0, 0.05) is 12.2 Å². The van der Waals surface area contributed by atoms with Gasteiger partial charge in [-0.3, -0.25) is 4.99 Å². The van der Waals surface area contributed by atoms with Crippen molar-refractivity contribution in [2.24, 2.45) is 4.99 Å². The Labute approximate surface area is 78.1 Å². The highest BCUT2D eigenvalue weighted by Gasteiger charge is 2.03. The zero-order valence-electron chi connectivity index (χ0n) is 7.48. The van der Waals surface area contributed by atoms with Crippen molar-refractivity contribution in [3.63, 3.8) is 0 Å². The van der Waals surface area contributed by atoms with Crippen LogP contribution in [0.15, 0.2) is 35.3 Å². The molecule has 1 aromatic rings. The zero-order valence-corrected chi connectivity index (χ0v) is 7.48. The first-order valence-electron chi connectivity index (χ1n) is 4.48. The van der Waals surface area contributed by atoms with E-state index in [-0.39, 0.29) is 0 Å². The molecule has 1 aromatic carbocycles. The summed E-state index contributed by atoms with van der Waals surface area (Å²) in [6, 6.07) is 10.2. The Morgan fingerprint density at radius 2 is 2.15 bits per heavy atom. The highest BCUT2D eigenvalue weighted by molar-refractivity contribution is 5.57. The van der Waals surface area contributed by atoms with Gasteiger partial charge >= 0.3 is 0 Å². The van der Waals surface area contributed by atoms with Crippen LogP contribution >= 0.6 is 0 Å². The fraction of sp³-hybridized carbons (Fsp3) is 0.300. The summed E-state index contributed by atoms with van der Waals surface area (Å²) in [5.41, 5.74) is 1.16. The van der Waals surface area contributed by atoms with Crippen molar-refractivity contribution in [1.82, 2.24) is 4.90 Å². The lowest BCUT2D eigenvalue weighted by molar-refractivity contribution is 0.501. The first-order valence-corrected chi connectivity index (χ1v) is 4.48.